The van der Waals surface area contributed by atoms with Gasteiger partial charge in [0.2, 0.25) is 11.9 Å². The molecule has 0 saturated heterocycles. The van der Waals surface area contributed by atoms with Gasteiger partial charge in [-0.15, -0.1) is 0 Å². The number of hydrogen-bond donors (Lipinski definition) is 4. The molecular weight excluding hydrogens is 476 g/mol. The smallest absolute Gasteiger partial charge is 0.328 e. The van der Waals surface area contributed by atoms with E-state index in [1.807, 2.05) is 30.3 Å². The van der Waals surface area contributed by atoms with Crippen molar-refractivity contribution in [1.29, 1.82) is 0 Å². The first-order chi connectivity index (χ1) is 18.1. The molecule has 198 valence electrons. The number of methoxy groups -OCH3 is 1. The van der Waals surface area contributed by atoms with Crippen molar-refractivity contribution in [3.8, 4) is 5.75 Å². The summed E-state index contributed by atoms with van der Waals surface area (Å²) in [5, 5.41) is 15.8. The number of nitrogens with one attached hydrogen (secondary N) is 2. The van der Waals surface area contributed by atoms with E-state index in [9.17, 15) is 9.90 Å². The zero-order valence-corrected chi connectivity index (χ0v) is 20.9. The Balaban J connectivity index is 1.71. The third-order valence-electron chi connectivity index (χ3n) is 5.22. The van der Waals surface area contributed by atoms with Gasteiger partial charge < -0.3 is 35.7 Å². The Morgan fingerprint density at radius 2 is 1.62 bits per heavy atom. The Hall–Kier alpha value is -3.80. The summed E-state index contributed by atoms with van der Waals surface area (Å²) in [5.74, 6) is 0.832. The number of aromatic hydroxyl groups is 1. The van der Waals surface area contributed by atoms with Crippen LogP contribution in [0.1, 0.15) is 17.0 Å². The Morgan fingerprint density at radius 3 is 2.32 bits per heavy atom. The van der Waals surface area contributed by atoms with Crippen molar-refractivity contribution in [2.24, 2.45) is 5.73 Å². The first-order valence-corrected chi connectivity index (χ1v) is 12.1. The van der Waals surface area contributed by atoms with Gasteiger partial charge in [-0.3, -0.25) is 0 Å². The molecule has 1 atom stereocenters. The molecule has 0 amide bonds. The molecule has 0 aliphatic rings. The van der Waals surface area contributed by atoms with Gasteiger partial charge in [-0.25, -0.2) is 4.79 Å². The van der Waals surface area contributed by atoms with Crippen LogP contribution in [0.3, 0.4) is 0 Å². The molecule has 37 heavy (non-hydrogen) atoms. The lowest BCUT2D eigenvalue weighted by molar-refractivity contribution is -0.141. The minimum Gasteiger partial charge on any atom is -0.508 e. The summed E-state index contributed by atoms with van der Waals surface area (Å²) >= 11 is 0. The third-order valence-corrected chi connectivity index (χ3v) is 5.22. The van der Waals surface area contributed by atoms with E-state index in [1.165, 1.54) is 7.11 Å². The number of benzene rings is 2. The van der Waals surface area contributed by atoms with E-state index in [4.69, 9.17) is 19.9 Å². The van der Waals surface area contributed by atoms with E-state index >= 15 is 0 Å². The van der Waals surface area contributed by atoms with Crippen LogP contribution in [-0.4, -0.2) is 78.7 Å². The molecule has 3 rings (SSSR count). The van der Waals surface area contributed by atoms with E-state index in [-0.39, 0.29) is 11.7 Å². The first-order valence-electron chi connectivity index (χ1n) is 12.1. The van der Waals surface area contributed by atoms with E-state index in [0.717, 1.165) is 11.1 Å². The number of esters is 1. The minimum atomic E-state index is -0.744. The molecule has 11 heteroatoms. The van der Waals surface area contributed by atoms with E-state index < -0.39 is 12.0 Å². The average molecular weight is 511 g/mol. The predicted molar refractivity (Wildman–Crippen MR) is 139 cm³/mol. The topological polar surface area (TPSA) is 154 Å². The van der Waals surface area contributed by atoms with Gasteiger partial charge in [-0.2, -0.15) is 15.0 Å². The van der Waals surface area contributed by atoms with Gasteiger partial charge in [-0.05, 0) is 23.3 Å². The summed E-state index contributed by atoms with van der Waals surface area (Å²) in [7, 11) is 1.33. The van der Waals surface area contributed by atoms with Gasteiger partial charge >= 0.3 is 5.97 Å². The highest BCUT2D eigenvalue weighted by atomic mass is 16.5. The summed E-state index contributed by atoms with van der Waals surface area (Å²) in [6, 6.07) is 15.7. The van der Waals surface area contributed by atoms with Crippen LogP contribution in [0.5, 0.6) is 5.75 Å². The molecule has 3 aromatic rings. The fraction of sp³-hybridized carbons (Fsp3) is 0.385. The minimum absolute atomic E-state index is 0.150. The third kappa shape index (κ3) is 10.00. The Bertz CT molecular complexity index is 1080. The largest absolute Gasteiger partial charge is 0.508 e. The van der Waals surface area contributed by atoms with Gasteiger partial charge in [-0.1, -0.05) is 42.5 Å². The van der Waals surface area contributed by atoms with Crippen LogP contribution >= 0.6 is 0 Å². The second-order valence-electron chi connectivity index (χ2n) is 8.09. The number of nitrogens with two attached hydrogens (primary N) is 1. The van der Waals surface area contributed by atoms with Crippen molar-refractivity contribution in [2.75, 3.05) is 57.3 Å². The average Bonchev–Trinajstić information content (AvgIpc) is 2.91. The summed E-state index contributed by atoms with van der Waals surface area (Å²) in [4.78, 5) is 26.1. The predicted octanol–water partition coefficient (Wildman–Crippen LogP) is 1.77. The van der Waals surface area contributed by atoms with Gasteiger partial charge in [0.15, 0.2) is 0 Å². The lowest BCUT2D eigenvalue weighted by atomic mass is 10.1. The zero-order chi connectivity index (χ0) is 26.3. The molecule has 0 fully saturated rings. The molecule has 0 bridgehead atoms. The van der Waals surface area contributed by atoms with E-state index in [2.05, 4.69) is 25.6 Å². The molecule has 1 aromatic heterocycles. The van der Waals surface area contributed by atoms with Crippen LogP contribution < -0.4 is 16.4 Å². The number of nitrogens with zero attached hydrogens (tertiary/aromatic N) is 3. The summed E-state index contributed by atoms with van der Waals surface area (Å²) in [5.41, 5.74) is 7.27. The maximum Gasteiger partial charge on any atom is 0.328 e. The second kappa shape index (κ2) is 15.3. The lowest BCUT2D eigenvalue weighted by Crippen LogP contribution is -2.34. The molecule has 5 N–H and O–H groups in total. The van der Waals surface area contributed by atoms with Gasteiger partial charge in [0.05, 0.1) is 33.5 Å². The number of rotatable bonds is 16. The van der Waals surface area contributed by atoms with E-state index in [0.29, 0.717) is 64.1 Å². The lowest BCUT2D eigenvalue weighted by Gasteiger charge is -2.18. The fourth-order valence-corrected chi connectivity index (χ4v) is 3.42. The fourth-order valence-electron chi connectivity index (χ4n) is 3.42. The molecule has 0 aliphatic heterocycles. The molecule has 0 spiro atoms. The number of aromatic nitrogens is 3. The number of hydrogen-bond acceptors (Lipinski definition) is 11. The summed E-state index contributed by atoms with van der Waals surface area (Å²) in [6.45, 7) is 2.83. The van der Waals surface area contributed by atoms with Crippen LogP contribution in [0.25, 0.3) is 0 Å². The Kier molecular flexibility index (Phi) is 11.5. The summed E-state index contributed by atoms with van der Waals surface area (Å²) < 4.78 is 15.8. The summed E-state index contributed by atoms with van der Waals surface area (Å²) in [6.07, 6.45) is 0.804. The molecule has 1 heterocycles. The van der Waals surface area contributed by atoms with Crippen LogP contribution in [-0.2, 0) is 31.8 Å². The number of carbonyl (C=O) groups excluding carboxylic acids is 1. The van der Waals surface area contributed by atoms with Gasteiger partial charge in [0.25, 0.3) is 0 Å². The Morgan fingerprint density at radius 1 is 0.919 bits per heavy atom. The van der Waals surface area contributed by atoms with Gasteiger partial charge in [0, 0.05) is 25.9 Å². The Labute approximate surface area is 216 Å². The van der Waals surface area contributed by atoms with Crippen LogP contribution in [0.2, 0.25) is 0 Å². The molecule has 0 radical (unpaired) electrons. The quantitative estimate of drug-likeness (QED) is 0.165. The standard InChI is InChI=1S/C26H34N6O5/c1-35-24(34)22(17-20-7-9-21(33)10-8-20)29-26-31-23(18-19-5-3-2-4-6-19)30-25(32-26)28-12-14-37-16-15-36-13-11-27/h2-10,22,33H,11-18,27H2,1H3,(H2,28,29,30,31,32)/t22-/m0/s1. The van der Waals surface area contributed by atoms with E-state index in [1.54, 1.807) is 24.3 Å². The van der Waals surface area contributed by atoms with Crippen molar-refractivity contribution in [1.82, 2.24) is 15.0 Å². The molecule has 2 aromatic carbocycles. The zero-order valence-electron chi connectivity index (χ0n) is 20.9. The van der Waals surface area contributed by atoms with Crippen molar-refractivity contribution >= 4 is 17.9 Å². The number of anilines is 2. The highest BCUT2D eigenvalue weighted by molar-refractivity contribution is 5.79. The molecule has 0 aliphatic carbocycles. The van der Waals surface area contributed by atoms with Crippen molar-refractivity contribution < 1.29 is 24.1 Å². The van der Waals surface area contributed by atoms with Crippen molar-refractivity contribution in [3.05, 3.63) is 71.5 Å². The molecule has 0 unspecified atom stereocenters. The SMILES string of the molecule is COC(=O)[C@H](Cc1ccc(O)cc1)Nc1nc(Cc2ccccc2)nc(NCCOCCOCCN)n1. The normalized spacial score (nSPS) is 11.6. The number of phenols is 1. The number of carbonyl (C=O) groups is 1. The molecule has 0 saturated carbocycles. The van der Waals surface area contributed by atoms with Crippen LogP contribution in [0, 0.1) is 0 Å². The molecular formula is C26H34N6O5. The number of ether oxygens (including phenoxy) is 3. The van der Waals surface area contributed by atoms with Crippen LogP contribution in [0.4, 0.5) is 11.9 Å². The highest BCUT2D eigenvalue weighted by Gasteiger charge is 2.22. The molecule has 11 nitrogen and oxygen atoms in total. The maximum absolute atomic E-state index is 12.5. The number of phenolic OH excluding ortho intramolecular Hbond substituents is 1. The highest BCUT2D eigenvalue weighted by Crippen LogP contribution is 2.15. The van der Waals surface area contributed by atoms with Crippen molar-refractivity contribution in [3.63, 3.8) is 0 Å². The monoisotopic (exact) mass is 510 g/mol. The van der Waals surface area contributed by atoms with Crippen LogP contribution in [0.15, 0.2) is 54.6 Å². The van der Waals surface area contributed by atoms with Gasteiger partial charge in [0.1, 0.15) is 17.6 Å². The van der Waals surface area contributed by atoms with Crippen molar-refractivity contribution in [2.45, 2.75) is 18.9 Å². The first kappa shape index (κ1) is 27.8. The maximum atomic E-state index is 12.5. The second-order valence-corrected chi connectivity index (χ2v) is 8.09.